The van der Waals surface area contributed by atoms with Crippen LogP contribution < -0.4 is 0 Å². The number of para-hydroxylation sites is 1. The molecule has 2 aliphatic rings. The van der Waals surface area contributed by atoms with Gasteiger partial charge in [0.2, 0.25) is 11.8 Å². The molecule has 0 atom stereocenters. The van der Waals surface area contributed by atoms with E-state index >= 15 is 0 Å². The van der Waals surface area contributed by atoms with Crippen LogP contribution in [0.25, 0.3) is 16.9 Å². The highest BCUT2D eigenvalue weighted by Gasteiger charge is 2.32. The summed E-state index contributed by atoms with van der Waals surface area (Å²) in [6.07, 6.45) is 4.53. The van der Waals surface area contributed by atoms with Gasteiger partial charge in [-0.1, -0.05) is 19.1 Å². The van der Waals surface area contributed by atoms with Gasteiger partial charge in [0.1, 0.15) is 17.9 Å². The summed E-state index contributed by atoms with van der Waals surface area (Å²) in [6, 6.07) is 5.49. The van der Waals surface area contributed by atoms with Gasteiger partial charge < -0.3 is 19.1 Å². The number of benzene rings is 1. The summed E-state index contributed by atoms with van der Waals surface area (Å²) in [6.45, 7) is 5.63. The number of hydrogen-bond acceptors (Lipinski definition) is 7. The maximum Gasteiger partial charge on any atom is 0.291 e. The number of hydrogen-bond donors (Lipinski definition) is 0. The summed E-state index contributed by atoms with van der Waals surface area (Å²) in [5.41, 5.74) is 1.20. The minimum absolute atomic E-state index is 0. The SMILES string of the molecule is CCc1nn(-c2noc(C3CCN(C4CCN(C(=O)COC)CC4)CC3)n2)c2c(F)cccc12.Cl. The van der Waals surface area contributed by atoms with Crippen LogP contribution >= 0.6 is 12.4 Å². The Morgan fingerprint density at radius 3 is 2.60 bits per heavy atom. The second-order valence-corrected chi connectivity index (χ2v) is 9.14. The minimum atomic E-state index is -0.348. The van der Waals surface area contributed by atoms with Crippen molar-refractivity contribution in [1.82, 2.24) is 29.7 Å². The quantitative estimate of drug-likeness (QED) is 0.506. The van der Waals surface area contributed by atoms with Gasteiger partial charge in [0.05, 0.1) is 5.69 Å². The third-order valence-electron chi connectivity index (χ3n) is 7.17. The van der Waals surface area contributed by atoms with Crippen molar-refractivity contribution in [2.45, 2.75) is 51.0 Å². The summed E-state index contributed by atoms with van der Waals surface area (Å²) >= 11 is 0. The minimum Gasteiger partial charge on any atom is -0.375 e. The number of carbonyl (C=O) groups is 1. The molecule has 0 N–H and O–H groups in total. The lowest BCUT2D eigenvalue weighted by Crippen LogP contribution is -2.49. The van der Waals surface area contributed by atoms with Crippen molar-refractivity contribution in [1.29, 1.82) is 0 Å². The van der Waals surface area contributed by atoms with Crippen LogP contribution in [0.4, 0.5) is 4.39 Å². The molecule has 2 saturated heterocycles. The molecular formula is C24H32ClFN6O3. The van der Waals surface area contributed by atoms with Crippen molar-refractivity contribution in [2.75, 3.05) is 39.9 Å². The fourth-order valence-corrected chi connectivity index (χ4v) is 5.28. The van der Waals surface area contributed by atoms with E-state index in [4.69, 9.17) is 9.26 Å². The molecule has 11 heteroatoms. The summed E-state index contributed by atoms with van der Waals surface area (Å²) in [5.74, 6) is 0.772. The van der Waals surface area contributed by atoms with Crippen LogP contribution in [0.1, 0.15) is 50.1 Å². The van der Waals surface area contributed by atoms with Crippen LogP contribution in [-0.2, 0) is 16.0 Å². The third kappa shape index (κ3) is 5.05. The molecule has 190 valence electrons. The lowest BCUT2D eigenvalue weighted by molar-refractivity contribution is -0.136. The molecule has 2 fully saturated rings. The second kappa shape index (κ2) is 11.0. The first-order valence-corrected chi connectivity index (χ1v) is 12.1. The predicted molar refractivity (Wildman–Crippen MR) is 131 cm³/mol. The molecule has 5 rings (SSSR count). The molecule has 0 spiro atoms. The number of nitrogens with zero attached hydrogens (tertiary/aromatic N) is 6. The predicted octanol–water partition coefficient (Wildman–Crippen LogP) is 3.35. The third-order valence-corrected chi connectivity index (χ3v) is 7.17. The van der Waals surface area contributed by atoms with Crippen molar-refractivity contribution in [2.24, 2.45) is 0 Å². The smallest absolute Gasteiger partial charge is 0.291 e. The molecule has 1 aromatic carbocycles. The summed E-state index contributed by atoms with van der Waals surface area (Å²) in [5, 5.41) is 9.46. The number of halogens is 2. The lowest BCUT2D eigenvalue weighted by Gasteiger charge is -2.41. The first kappa shape index (κ1) is 25.5. The molecular weight excluding hydrogens is 475 g/mol. The van der Waals surface area contributed by atoms with E-state index in [0.717, 1.165) is 62.9 Å². The molecule has 0 bridgehead atoms. The van der Waals surface area contributed by atoms with E-state index in [0.29, 0.717) is 23.9 Å². The Morgan fingerprint density at radius 2 is 1.91 bits per heavy atom. The van der Waals surface area contributed by atoms with E-state index < -0.39 is 0 Å². The zero-order chi connectivity index (χ0) is 23.7. The molecule has 4 heterocycles. The van der Waals surface area contributed by atoms with Crippen molar-refractivity contribution >= 4 is 29.2 Å². The van der Waals surface area contributed by atoms with Gasteiger partial charge in [-0.15, -0.1) is 12.4 Å². The Kier molecular flexibility index (Phi) is 8.03. The van der Waals surface area contributed by atoms with E-state index in [9.17, 15) is 9.18 Å². The number of fused-ring (bicyclic) bond motifs is 1. The Morgan fingerprint density at radius 1 is 1.17 bits per heavy atom. The number of amides is 1. The standard InChI is InChI=1S/C24H31FN6O3.ClH/c1-3-20-18-5-4-6-19(25)22(18)31(27-20)24-26-23(34-28-24)16-7-11-29(12-8-16)17-9-13-30(14-10-17)21(32)15-33-2;/h4-6,16-17H,3,7-15H2,1-2H3;1H. The molecule has 35 heavy (non-hydrogen) atoms. The van der Waals surface area contributed by atoms with E-state index in [1.807, 2.05) is 17.9 Å². The molecule has 2 aromatic heterocycles. The van der Waals surface area contributed by atoms with Gasteiger partial charge in [-0.05, 0) is 56.4 Å². The molecule has 1 amide bonds. The lowest BCUT2D eigenvalue weighted by atomic mass is 9.93. The number of carbonyl (C=O) groups excluding carboxylic acids is 1. The van der Waals surface area contributed by atoms with Crippen LogP contribution in [0.5, 0.6) is 0 Å². The van der Waals surface area contributed by atoms with Gasteiger partial charge in [-0.3, -0.25) is 4.79 Å². The Bertz CT molecular complexity index is 1150. The van der Waals surface area contributed by atoms with E-state index in [1.165, 1.54) is 10.7 Å². The molecule has 0 saturated carbocycles. The maximum absolute atomic E-state index is 14.6. The zero-order valence-corrected chi connectivity index (χ0v) is 21.0. The number of methoxy groups -OCH3 is 1. The van der Waals surface area contributed by atoms with Crippen molar-refractivity contribution < 1.29 is 18.4 Å². The Balaban J connectivity index is 0.00000289. The Hall–Kier alpha value is -2.56. The van der Waals surface area contributed by atoms with Gasteiger partial charge >= 0.3 is 0 Å². The van der Waals surface area contributed by atoms with Crippen LogP contribution in [0.3, 0.4) is 0 Å². The summed E-state index contributed by atoms with van der Waals surface area (Å²) < 4.78 is 26.6. The number of aryl methyl sites for hydroxylation is 1. The van der Waals surface area contributed by atoms with Crippen molar-refractivity contribution in [3.8, 4) is 5.95 Å². The first-order valence-electron chi connectivity index (χ1n) is 12.1. The summed E-state index contributed by atoms with van der Waals surface area (Å²) in [4.78, 5) is 21.1. The summed E-state index contributed by atoms with van der Waals surface area (Å²) in [7, 11) is 1.55. The fourth-order valence-electron chi connectivity index (χ4n) is 5.28. The van der Waals surface area contributed by atoms with Crippen molar-refractivity contribution in [3.63, 3.8) is 0 Å². The maximum atomic E-state index is 14.6. The van der Waals surface area contributed by atoms with Crippen molar-refractivity contribution in [3.05, 3.63) is 35.6 Å². The highest BCUT2D eigenvalue weighted by atomic mass is 35.5. The average Bonchev–Trinajstić information content (AvgIpc) is 3.50. The molecule has 0 radical (unpaired) electrons. The molecule has 9 nitrogen and oxygen atoms in total. The van der Waals surface area contributed by atoms with Gasteiger partial charge in [0.15, 0.2) is 0 Å². The normalized spacial score (nSPS) is 18.2. The topological polar surface area (TPSA) is 89.5 Å². The van der Waals surface area contributed by atoms with E-state index in [-0.39, 0.29) is 42.6 Å². The van der Waals surface area contributed by atoms with Crippen LogP contribution in [0, 0.1) is 5.82 Å². The number of ether oxygens (including phenoxy) is 1. The molecule has 0 aliphatic carbocycles. The van der Waals surface area contributed by atoms with Crippen LogP contribution in [-0.4, -0.2) is 81.6 Å². The van der Waals surface area contributed by atoms with Gasteiger partial charge in [-0.2, -0.15) is 14.8 Å². The number of aromatic nitrogens is 4. The number of piperidine rings is 2. The number of rotatable bonds is 6. The highest BCUT2D eigenvalue weighted by Crippen LogP contribution is 2.31. The average molecular weight is 507 g/mol. The van der Waals surface area contributed by atoms with Gasteiger partial charge in [0, 0.05) is 37.5 Å². The first-order chi connectivity index (χ1) is 16.6. The van der Waals surface area contributed by atoms with E-state index in [2.05, 4.69) is 20.1 Å². The number of likely N-dealkylation sites (tertiary alicyclic amines) is 2. The fraction of sp³-hybridized carbons (Fsp3) is 0.583. The monoisotopic (exact) mass is 506 g/mol. The highest BCUT2D eigenvalue weighted by molar-refractivity contribution is 5.85. The largest absolute Gasteiger partial charge is 0.375 e. The molecule has 0 unspecified atom stereocenters. The Labute approximate surface area is 210 Å². The zero-order valence-electron chi connectivity index (χ0n) is 20.2. The molecule has 2 aliphatic heterocycles. The van der Waals surface area contributed by atoms with Crippen LogP contribution in [0.2, 0.25) is 0 Å². The molecule has 3 aromatic rings. The van der Waals surface area contributed by atoms with E-state index in [1.54, 1.807) is 13.2 Å². The van der Waals surface area contributed by atoms with Gasteiger partial charge in [0.25, 0.3) is 5.95 Å². The second-order valence-electron chi connectivity index (χ2n) is 9.14. The van der Waals surface area contributed by atoms with Crippen LogP contribution in [0.15, 0.2) is 22.7 Å². The van der Waals surface area contributed by atoms with Gasteiger partial charge in [-0.25, -0.2) is 4.39 Å².